The molecule has 160 valence electrons. The fourth-order valence-corrected chi connectivity index (χ4v) is 2.48. The lowest BCUT2D eigenvalue weighted by Gasteiger charge is -2.13. The van der Waals surface area contributed by atoms with Gasteiger partial charge in [-0.2, -0.15) is 0 Å². The monoisotopic (exact) mass is 418 g/mol. The molecule has 2 rings (SSSR count). The van der Waals surface area contributed by atoms with Crippen molar-refractivity contribution < 1.29 is 37.8 Å². The number of aryl methyl sites for hydroxylation is 1. The molecule has 1 aromatic carbocycles. The van der Waals surface area contributed by atoms with Crippen molar-refractivity contribution in [1.82, 2.24) is 0 Å². The van der Waals surface area contributed by atoms with Crippen LogP contribution in [0, 0.1) is 6.92 Å². The van der Waals surface area contributed by atoms with Crippen molar-refractivity contribution in [1.29, 1.82) is 0 Å². The van der Waals surface area contributed by atoms with E-state index in [1.807, 2.05) is 0 Å². The van der Waals surface area contributed by atoms with Gasteiger partial charge in [-0.15, -0.1) is 0 Å². The number of nitrogens with two attached hydrogens (primary N) is 1. The summed E-state index contributed by atoms with van der Waals surface area (Å²) in [4.78, 5) is 48.0. The third kappa shape index (κ3) is 5.60. The van der Waals surface area contributed by atoms with Gasteiger partial charge in [-0.25, -0.2) is 9.59 Å². The van der Waals surface area contributed by atoms with Gasteiger partial charge in [0, 0.05) is 0 Å². The summed E-state index contributed by atoms with van der Waals surface area (Å²) in [6.07, 6.45) is -0.956. The summed E-state index contributed by atoms with van der Waals surface area (Å²) in [7, 11) is 0. The summed E-state index contributed by atoms with van der Waals surface area (Å²) in [5.41, 5.74) is 4.81. The second kappa shape index (κ2) is 10.1. The molecule has 1 aromatic heterocycles. The van der Waals surface area contributed by atoms with E-state index in [2.05, 4.69) is 5.32 Å². The molecule has 0 saturated heterocycles. The highest BCUT2D eigenvalue weighted by atomic mass is 16.6. The highest BCUT2D eigenvalue weighted by molar-refractivity contribution is 6.10. The third-order valence-corrected chi connectivity index (χ3v) is 3.80. The molecule has 30 heavy (non-hydrogen) atoms. The Morgan fingerprint density at radius 1 is 1.10 bits per heavy atom. The molecule has 1 atom stereocenters. The van der Waals surface area contributed by atoms with E-state index in [0.29, 0.717) is 5.75 Å². The van der Waals surface area contributed by atoms with Crippen LogP contribution in [0.3, 0.4) is 0 Å². The van der Waals surface area contributed by atoms with Gasteiger partial charge in [0.15, 0.2) is 12.7 Å². The number of anilines is 1. The molecule has 3 N–H and O–H groups in total. The molecule has 0 fully saturated rings. The highest BCUT2D eigenvalue weighted by Crippen LogP contribution is 2.27. The maximum absolute atomic E-state index is 12.1. The number of rotatable bonds is 9. The summed E-state index contributed by atoms with van der Waals surface area (Å²) in [6.45, 7) is 3.88. The Bertz CT molecular complexity index is 936. The zero-order valence-electron chi connectivity index (χ0n) is 16.7. The smallest absolute Gasteiger partial charge is 0.347 e. The van der Waals surface area contributed by atoms with Crippen LogP contribution in [0.2, 0.25) is 0 Å². The number of furan rings is 1. The van der Waals surface area contributed by atoms with Crippen LogP contribution in [0.15, 0.2) is 34.7 Å². The average Bonchev–Trinajstić information content (AvgIpc) is 3.02. The fraction of sp³-hybridized carbons (Fsp3) is 0.300. The molecule has 0 aliphatic rings. The SMILES string of the molecule is CCOC(=O)c1c(C)oc(NC(=O)COC(=O)[C@@H](C)Oc2ccccc2)c1C(N)=O. The minimum absolute atomic E-state index is 0.0411. The van der Waals surface area contributed by atoms with Crippen molar-refractivity contribution in [2.75, 3.05) is 18.5 Å². The molecule has 0 aliphatic heterocycles. The van der Waals surface area contributed by atoms with Crippen LogP contribution in [0.5, 0.6) is 5.75 Å². The number of carbonyl (C=O) groups excluding carboxylic acids is 4. The van der Waals surface area contributed by atoms with Gasteiger partial charge in [-0.05, 0) is 32.9 Å². The summed E-state index contributed by atoms with van der Waals surface area (Å²) in [5, 5.41) is 2.26. The predicted octanol–water partition coefficient (Wildman–Crippen LogP) is 1.81. The topological polar surface area (TPSA) is 147 Å². The molecule has 0 aliphatic carbocycles. The van der Waals surface area contributed by atoms with Gasteiger partial charge >= 0.3 is 11.9 Å². The molecule has 0 bridgehead atoms. The van der Waals surface area contributed by atoms with Crippen molar-refractivity contribution in [3.05, 3.63) is 47.2 Å². The molecule has 2 aromatic rings. The Morgan fingerprint density at radius 3 is 2.37 bits per heavy atom. The molecule has 1 heterocycles. The van der Waals surface area contributed by atoms with Gasteiger partial charge in [0.25, 0.3) is 11.8 Å². The lowest BCUT2D eigenvalue weighted by Crippen LogP contribution is -2.30. The van der Waals surface area contributed by atoms with Crippen LogP contribution >= 0.6 is 0 Å². The number of ether oxygens (including phenoxy) is 3. The minimum atomic E-state index is -0.993. The largest absolute Gasteiger partial charge is 0.479 e. The van der Waals surface area contributed by atoms with Crippen LogP contribution in [0.1, 0.15) is 40.3 Å². The van der Waals surface area contributed by atoms with Crippen LogP contribution in [0.25, 0.3) is 0 Å². The highest BCUT2D eigenvalue weighted by Gasteiger charge is 2.29. The molecule has 10 heteroatoms. The second-order valence-electron chi connectivity index (χ2n) is 6.05. The zero-order valence-corrected chi connectivity index (χ0v) is 16.7. The Hall–Kier alpha value is -3.82. The maximum Gasteiger partial charge on any atom is 0.347 e. The van der Waals surface area contributed by atoms with Crippen LogP contribution < -0.4 is 15.8 Å². The lowest BCUT2D eigenvalue weighted by molar-refractivity contribution is -0.153. The van der Waals surface area contributed by atoms with Crippen molar-refractivity contribution in [2.24, 2.45) is 5.73 Å². The van der Waals surface area contributed by atoms with E-state index in [1.165, 1.54) is 13.8 Å². The summed E-state index contributed by atoms with van der Waals surface area (Å²) in [5.74, 6) is -3.21. The van der Waals surface area contributed by atoms with E-state index in [0.717, 1.165) is 0 Å². The lowest BCUT2D eigenvalue weighted by atomic mass is 10.1. The van der Waals surface area contributed by atoms with Gasteiger partial charge in [0.2, 0.25) is 5.88 Å². The number of carbonyl (C=O) groups is 4. The number of nitrogens with one attached hydrogen (secondary N) is 1. The Balaban J connectivity index is 2.00. The zero-order chi connectivity index (χ0) is 22.3. The van der Waals surface area contributed by atoms with E-state index < -0.39 is 36.5 Å². The molecular formula is C20H22N2O8. The molecule has 2 amide bonds. The van der Waals surface area contributed by atoms with Crippen LogP contribution in [0.4, 0.5) is 5.88 Å². The van der Waals surface area contributed by atoms with Gasteiger partial charge < -0.3 is 24.4 Å². The predicted molar refractivity (Wildman–Crippen MR) is 104 cm³/mol. The first-order valence-electron chi connectivity index (χ1n) is 9.03. The maximum atomic E-state index is 12.1. The molecule has 0 unspecified atom stereocenters. The fourth-order valence-electron chi connectivity index (χ4n) is 2.48. The molecular weight excluding hydrogens is 396 g/mol. The minimum Gasteiger partial charge on any atom is -0.479 e. The quantitative estimate of drug-likeness (QED) is 0.586. The van der Waals surface area contributed by atoms with Crippen molar-refractivity contribution in [3.8, 4) is 5.75 Å². The first kappa shape index (κ1) is 22.5. The van der Waals surface area contributed by atoms with Crippen LogP contribution in [-0.2, 0) is 19.1 Å². The summed E-state index contributed by atoms with van der Waals surface area (Å²) >= 11 is 0. The first-order chi connectivity index (χ1) is 14.2. The molecule has 0 radical (unpaired) electrons. The number of primary amides is 1. The van der Waals surface area contributed by atoms with Crippen molar-refractivity contribution in [3.63, 3.8) is 0 Å². The van der Waals surface area contributed by atoms with E-state index in [4.69, 9.17) is 24.4 Å². The van der Waals surface area contributed by atoms with Gasteiger partial charge in [-0.1, -0.05) is 18.2 Å². The van der Waals surface area contributed by atoms with Crippen LogP contribution in [-0.4, -0.2) is 43.1 Å². The molecule has 0 spiro atoms. The molecule has 0 saturated carbocycles. The summed E-state index contributed by atoms with van der Waals surface area (Å²) < 4.78 is 20.5. The Kier molecular flexibility index (Phi) is 7.56. The van der Waals surface area contributed by atoms with E-state index in [1.54, 1.807) is 37.3 Å². The number of hydrogen-bond acceptors (Lipinski definition) is 8. The van der Waals surface area contributed by atoms with E-state index in [-0.39, 0.29) is 29.4 Å². The standard InChI is InChI=1S/C20H22N2O8/c1-4-27-20(26)15-11(2)30-18(16(15)17(21)24)22-14(23)10-28-19(25)12(3)29-13-8-6-5-7-9-13/h5-9,12H,4,10H2,1-3H3,(H2,21,24)(H,22,23)/t12-/m1/s1. The first-order valence-corrected chi connectivity index (χ1v) is 9.03. The van der Waals surface area contributed by atoms with E-state index >= 15 is 0 Å². The van der Waals surface area contributed by atoms with Crippen molar-refractivity contribution in [2.45, 2.75) is 26.9 Å². The third-order valence-electron chi connectivity index (χ3n) is 3.80. The van der Waals surface area contributed by atoms with Gasteiger partial charge in [0.05, 0.1) is 6.61 Å². The molecule has 10 nitrogen and oxygen atoms in total. The average molecular weight is 418 g/mol. The van der Waals surface area contributed by atoms with Gasteiger partial charge in [0.1, 0.15) is 22.6 Å². The van der Waals surface area contributed by atoms with E-state index in [9.17, 15) is 19.2 Å². The second-order valence-corrected chi connectivity index (χ2v) is 6.05. The number of amides is 2. The Morgan fingerprint density at radius 2 is 1.77 bits per heavy atom. The summed E-state index contributed by atoms with van der Waals surface area (Å²) in [6, 6.07) is 8.62. The number of hydrogen-bond donors (Lipinski definition) is 2. The van der Waals surface area contributed by atoms with Gasteiger partial charge in [-0.3, -0.25) is 14.9 Å². The van der Waals surface area contributed by atoms with Crippen molar-refractivity contribution >= 4 is 29.6 Å². The Labute approximate surface area is 172 Å². The number of esters is 2. The normalized spacial score (nSPS) is 11.3. The number of para-hydroxylation sites is 1. The number of benzene rings is 1.